The lowest BCUT2D eigenvalue weighted by Gasteiger charge is -2.10. The first-order valence-electron chi connectivity index (χ1n) is 9.89. The molecule has 10 nitrogen and oxygen atoms in total. The molecule has 0 amide bonds. The molecule has 1 aromatic heterocycles. The van der Waals surface area contributed by atoms with Gasteiger partial charge in [-0.1, -0.05) is 12.1 Å². The van der Waals surface area contributed by atoms with Crippen LogP contribution in [-0.4, -0.2) is 29.9 Å². The smallest absolute Gasteiger partial charge is 0.269 e. The fraction of sp³-hybridized carbons (Fsp3) is 0.0909. The van der Waals surface area contributed by atoms with E-state index in [1.807, 2.05) is 18.2 Å². The van der Waals surface area contributed by atoms with Gasteiger partial charge in [0.15, 0.2) is 0 Å². The number of non-ortho nitro benzene ring substituents is 1. The van der Waals surface area contributed by atoms with Crippen molar-refractivity contribution < 1.29 is 13.3 Å². The van der Waals surface area contributed by atoms with Crippen LogP contribution in [0.4, 0.5) is 23.1 Å². The summed E-state index contributed by atoms with van der Waals surface area (Å²) >= 11 is 0. The van der Waals surface area contributed by atoms with E-state index in [-0.39, 0.29) is 21.4 Å². The minimum absolute atomic E-state index is 0.00355. The van der Waals surface area contributed by atoms with Crippen LogP contribution < -0.4 is 16.8 Å². The second-order valence-electron chi connectivity index (χ2n) is 7.27. The number of nitrogens with two attached hydrogens (primary N) is 2. The van der Waals surface area contributed by atoms with Gasteiger partial charge < -0.3 is 16.8 Å². The molecule has 0 aliphatic rings. The number of nitro benzene ring substituents is 1. The Labute approximate surface area is 189 Å². The van der Waals surface area contributed by atoms with Gasteiger partial charge in [-0.3, -0.25) is 10.1 Å². The molecule has 168 valence electrons. The van der Waals surface area contributed by atoms with E-state index < -0.39 is 14.8 Å². The number of hydrogen-bond acceptors (Lipinski definition) is 9. The van der Waals surface area contributed by atoms with Gasteiger partial charge in [0.1, 0.15) is 5.82 Å². The molecule has 33 heavy (non-hydrogen) atoms. The standard InChI is InChI=1S/C22H20N6O4S/c23-21-19-13-15(3-10-20(19)26-22(24)27-21)25-12-11-14-1-6-17(7-2-14)33(31,32)18-8-4-16(5-9-18)28(29)30/h1-10,13,25H,11-12H2,(H4,23,24,26,27). The lowest BCUT2D eigenvalue weighted by atomic mass is 10.1. The maximum absolute atomic E-state index is 12.8. The quantitative estimate of drug-likeness (QED) is 0.275. The molecule has 0 unspecified atom stereocenters. The van der Waals surface area contributed by atoms with E-state index in [2.05, 4.69) is 15.3 Å². The summed E-state index contributed by atoms with van der Waals surface area (Å²) in [5.41, 5.74) is 13.8. The Morgan fingerprint density at radius 1 is 0.909 bits per heavy atom. The molecule has 4 rings (SSSR count). The van der Waals surface area contributed by atoms with Gasteiger partial charge in [-0.2, -0.15) is 4.98 Å². The van der Waals surface area contributed by atoms with Crippen LogP contribution in [0.25, 0.3) is 10.9 Å². The Kier molecular flexibility index (Phi) is 5.80. The number of nitrogens with one attached hydrogen (secondary N) is 1. The van der Waals surface area contributed by atoms with Crippen LogP contribution in [0.2, 0.25) is 0 Å². The monoisotopic (exact) mass is 464 g/mol. The molecule has 11 heteroatoms. The average Bonchev–Trinajstić information content (AvgIpc) is 2.80. The van der Waals surface area contributed by atoms with Crippen molar-refractivity contribution in [2.75, 3.05) is 23.3 Å². The van der Waals surface area contributed by atoms with Crippen LogP contribution >= 0.6 is 0 Å². The van der Waals surface area contributed by atoms with Crippen molar-refractivity contribution >= 4 is 43.9 Å². The van der Waals surface area contributed by atoms with E-state index in [0.717, 1.165) is 11.3 Å². The van der Waals surface area contributed by atoms with E-state index in [0.29, 0.717) is 29.7 Å². The maximum atomic E-state index is 12.8. The summed E-state index contributed by atoms with van der Waals surface area (Å²) in [6, 6.07) is 16.9. The SMILES string of the molecule is Nc1nc(N)c2cc(NCCc3ccc(S(=O)(=O)c4ccc([N+](=O)[O-])cc4)cc3)ccc2n1. The first-order chi connectivity index (χ1) is 15.7. The first-order valence-corrected chi connectivity index (χ1v) is 11.4. The zero-order valence-electron chi connectivity index (χ0n) is 17.3. The van der Waals surface area contributed by atoms with Gasteiger partial charge in [0, 0.05) is 29.8 Å². The second kappa shape index (κ2) is 8.71. The lowest BCUT2D eigenvalue weighted by Crippen LogP contribution is -2.06. The van der Waals surface area contributed by atoms with Crippen molar-refractivity contribution in [3.63, 3.8) is 0 Å². The van der Waals surface area contributed by atoms with Gasteiger partial charge in [0.25, 0.3) is 5.69 Å². The van der Waals surface area contributed by atoms with Crippen molar-refractivity contribution in [3.8, 4) is 0 Å². The van der Waals surface area contributed by atoms with Crippen LogP contribution in [-0.2, 0) is 16.3 Å². The molecule has 3 aromatic carbocycles. The zero-order valence-corrected chi connectivity index (χ0v) is 18.1. The predicted molar refractivity (Wildman–Crippen MR) is 126 cm³/mol. The molecule has 0 aliphatic carbocycles. The van der Waals surface area contributed by atoms with Crippen LogP contribution in [0.5, 0.6) is 0 Å². The van der Waals surface area contributed by atoms with Crippen molar-refractivity contribution in [3.05, 3.63) is 82.4 Å². The molecule has 5 N–H and O–H groups in total. The highest BCUT2D eigenvalue weighted by atomic mass is 32.2. The summed E-state index contributed by atoms with van der Waals surface area (Å²) < 4.78 is 25.5. The van der Waals surface area contributed by atoms with E-state index >= 15 is 0 Å². The number of sulfone groups is 1. The molecular formula is C22H20N6O4S. The summed E-state index contributed by atoms with van der Waals surface area (Å²) in [6.07, 6.45) is 0.656. The number of nitro groups is 1. The number of nitrogens with zero attached hydrogens (tertiary/aromatic N) is 3. The highest BCUT2D eigenvalue weighted by molar-refractivity contribution is 7.91. The van der Waals surface area contributed by atoms with Gasteiger partial charge in [0.05, 0.1) is 20.2 Å². The van der Waals surface area contributed by atoms with Gasteiger partial charge in [0.2, 0.25) is 15.8 Å². The molecule has 0 aliphatic heterocycles. The Morgan fingerprint density at radius 3 is 2.18 bits per heavy atom. The van der Waals surface area contributed by atoms with Crippen molar-refractivity contribution in [2.45, 2.75) is 16.2 Å². The molecule has 1 heterocycles. The van der Waals surface area contributed by atoms with Crippen molar-refractivity contribution in [2.24, 2.45) is 0 Å². The van der Waals surface area contributed by atoms with Gasteiger partial charge in [-0.25, -0.2) is 13.4 Å². The highest BCUT2D eigenvalue weighted by Crippen LogP contribution is 2.24. The van der Waals surface area contributed by atoms with E-state index in [1.165, 1.54) is 36.4 Å². The zero-order chi connectivity index (χ0) is 23.6. The Morgan fingerprint density at radius 2 is 1.55 bits per heavy atom. The van der Waals surface area contributed by atoms with Crippen LogP contribution in [0, 0.1) is 10.1 Å². The molecule has 0 atom stereocenters. The second-order valence-corrected chi connectivity index (χ2v) is 9.22. The first kappa shape index (κ1) is 22.0. The largest absolute Gasteiger partial charge is 0.385 e. The normalized spacial score (nSPS) is 11.4. The topological polar surface area (TPSA) is 167 Å². The van der Waals surface area contributed by atoms with Crippen LogP contribution in [0.3, 0.4) is 0 Å². The third-order valence-electron chi connectivity index (χ3n) is 5.08. The van der Waals surface area contributed by atoms with Crippen molar-refractivity contribution in [1.82, 2.24) is 9.97 Å². The number of benzene rings is 3. The molecule has 0 fully saturated rings. The molecule has 4 aromatic rings. The Balaban J connectivity index is 1.41. The van der Waals surface area contributed by atoms with E-state index in [1.54, 1.807) is 12.1 Å². The number of rotatable bonds is 7. The fourth-order valence-electron chi connectivity index (χ4n) is 3.35. The minimum atomic E-state index is -3.76. The average molecular weight is 465 g/mol. The molecule has 0 saturated carbocycles. The number of hydrogen-bond donors (Lipinski definition) is 3. The number of nitrogen functional groups attached to an aromatic ring is 2. The molecular weight excluding hydrogens is 444 g/mol. The van der Waals surface area contributed by atoms with Crippen molar-refractivity contribution in [1.29, 1.82) is 0 Å². The fourth-order valence-corrected chi connectivity index (χ4v) is 4.61. The van der Waals surface area contributed by atoms with E-state index in [4.69, 9.17) is 11.5 Å². The van der Waals surface area contributed by atoms with Gasteiger partial charge in [-0.15, -0.1) is 0 Å². The summed E-state index contributed by atoms with van der Waals surface area (Å²) in [7, 11) is -3.76. The number of fused-ring (bicyclic) bond motifs is 1. The Hall–Kier alpha value is -4.25. The number of anilines is 3. The summed E-state index contributed by atoms with van der Waals surface area (Å²) in [6.45, 7) is 0.607. The minimum Gasteiger partial charge on any atom is -0.385 e. The molecule has 0 bridgehead atoms. The van der Waals surface area contributed by atoms with Crippen LogP contribution in [0.1, 0.15) is 5.56 Å². The summed E-state index contributed by atoms with van der Waals surface area (Å²) in [5.74, 6) is 0.436. The number of aromatic nitrogens is 2. The molecule has 0 spiro atoms. The summed E-state index contributed by atoms with van der Waals surface area (Å²) in [5, 5.41) is 14.8. The summed E-state index contributed by atoms with van der Waals surface area (Å²) in [4.78, 5) is 18.4. The van der Waals surface area contributed by atoms with Gasteiger partial charge in [-0.05, 0) is 54.4 Å². The highest BCUT2D eigenvalue weighted by Gasteiger charge is 2.18. The third kappa shape index (κ3) is 4.67. The van der Waals surface area contributed by atoms with E-state index in [9.17, 15) is 18.5 Å². The molecule has 0 radical (unpaired) electrons. The predicted octanol–water partition coefficient (Wildman–Crippen LogP) is 3.19. The van der Waals surface area contributed by atoms with Gasteiger partial charge >= 0.3 is 0 Å². The van der Waals surface area contributed by atoms with Crippen LogP contribution in [0.15, 0.2) is 76.5 Å². The molecule has 0 saturated heterocycles. The Bertz CT molecular complexity index is 1440. The lowest BCUT2D eigenvalue weighted by molar-refractivity contribution is -0.384. The third-order valence-corrected chi connectivity index (χ3v) is 6.86. The maximum Gasteiger partial charge on any atom is 0.269 e.